The lowest BCUT2D eigenvalue weighted by Crippen LogP contribution is -2.27. The van der Waals surface area contributed by atoms with Gasteiger partial charge in [-0.25, -0.2) is 4.79 Å². The summed E-state index contributed by atoms with van der Waals surface area (Å²) in [5.74, 6) is -2.06. The average Bonchev–Trinajstić information content (AvgIpc) is 2.98. The molecule has 0 bridgehead atoms. The second kappa shape index (κ2) is 6.39. The number of nitrogens with one attached hydrogen (secondary N) is 1. The highest BCUT2D eigenvalue weighted by molar-refractivity contribution is 6.02. The number of amides is 1. The fraction of sp³-hybridized carbons (Fsp3) is 0.0667. The quantitative estimate of drug-likeness (QED) is 0.846. The minimum absolute atomic E-state index is 0.107. The van der Waals surface area contributed by atoms with Crippen molar-refractivity contribution in [1.82, 2.24) is 5.32 Å². The predicted molar refractivity (Wildman–Crippen MR) is 73.2 cm³/mol. The number of hydrogen-bond donors (Lipinski definition) is 2. The van der Waals surface area contributed by atoms with Crippen molar-refractivity contribution >= 4 is 18.0 Å². The van der Waals surface area contributed by atoms with Crippen molar-refractivity contribution < 1.29 is 32.3 Å². The third-order valence-corrected chi connectivity index (χ3v) is 2.78. The van der Waals surface area contributed by atoms with Crippen LogP contribution in [-0.2, 0) is 11.0 Å². The second-order valence-corrected chi connectivity index (χ2v) is 4.41. The second-order valence-electron chi connectivity index (χ2n) is 4.41. The molecule has 0 atom stereocenters. The number of rotatable bonds is 4. The fourth-order valence-electron chi connectivity index (χ4n) is 1.67. The van der Waals surface area contributed by atoms with Gasteiger partial charge < -0.3 is 14.8 Å². The van der Waals surface area contributed by atoms with E-state index in [1.54, 1.807) is 0 Å². The zero-order valence-electron chi connectivity index (χ0n) is 11.4. The Bertz CT molecular complexity index is 731. The van der Waals surface area contributed by atoms with Crippen LogP contribution in [0.5, 0.6) is 0 Å². The van der Waals surface area contributed by atoms with Gasteiger partial charge in [0.15, 0.2) is 0 Å². The molecule has 23 heavy (non-hydrogen) atoms. The molecule has 1 aromatic carbocycles. The van der Waals surface area contributed by atoms with Crippen molar-refractivity contribution in [2.24, 2.45) is 0 Å². The van der Waals surface area contributed by atoms with Crippen LogP contribution in [-0.4, -0.2) is 17.0 Å². The highest BCUT2D eigenvalue weighted by atomic mass is 19.4. The van der Waals surface area contributed by atoms with E-state index >= 15 is 0 Å². The third kappa shape index (κ3) is 4.22. The molecule has 0 spiro atoms. The first-order valence-electron chi connectivity index (χ1n) is 6.24. The van der Waals surface area contributed by atoms with Crippen molar-refractivity contribution in [3.63, 3.8) is 0 Å². The minimum atomic E-state index is -4.51. The standard InChI is InChI=1S/C15H10F3NO4/c16-15(17,18)10-5-3-9(4-6-10)13(20)19-12(14(21)22)8-11-2-1-7-23-11/h1-8H,(H,19,20)(H,21,22). The molecule has 1 aromatic heterocycles. The third-order valence-electron chi connectivity index (χ3n) is 2.78. The molecule has 120 valence electrons. The summed E-state index contributed by atoms with van der Waals surface area (Å²) >= 11 is 0. The smallest absolute Gasteiger partial charge is 0.416 e. The van der Waals surface area contributed by atoms with Gasteiger partial charge in [-0.3, -0.25) is 4.79 Å². The Morgan fingerprint density at radius 1 is 1.13 bits per heavy atom. The Balaban J connectivity index is 2.18. The molecular formula is C15H10F3NO4. The van der Waals surface area contributed by atoms with Crippen LogP contribution in [0.25, 0.3) is 6.08 Å². The number of carboxylic acids is 1. The fourth-order valence-corrected chi connectivity index (χ4v) is 1.67. The van der Waals surface area contributed by atoms with Crippen molar-refractivity contribution in [2.45, 2.75) is 6.18 Å². The highest BCUT2D eigenvalue weighted by Crippen LogP contribution is 2.29. The molecule has 0 aliphatic rings. The van der Waals surface area contributed by atoms with Crippen LogP contribution < -0.4 is 5.32 Å². The molecule has 0 saturated heterocycles. The van der Waals surface area contributed by atoms with Gasteiger partial charge in [0.25, 0.3) is 5.91 Å². The molecule has 0 aliphatic heterocycles. The number of carboxylic acid groups (broad SMARTS) is 1. The number of halogens is 3. The Morgan fingerprint density at radius 2 is 1.78 bits per heavy atom. The number of carbonyl (C=O) groups is 2. The molecule has 1 amide bonds. The Kier molecular flexibility index (Phi) is 4.54. The molecule has 8 heteroatoms. The lowest BCUT2D eigenvalue weighted by Gasteiger charge is -2.08. The van der Waals surface area contributed by atoms with E-state index in [1.165, 1.54) is 18.4 Å². The first-order valence-corrected chi connectivity index (χ1v) is 6.24. The van der Waals surface area contributed by atoms with E-state index < -0.39 is 29.3 Å². The van der Waals surface area contributed by atoms with Crippen molar-refractivity contribution in [3.05, 3.63) is 65.2 Å². The van der Waals surface area contributed by atoms with E-state index in [0.717, 1.165) is 30.3 Å². The van der Waals surface area contributed by atoms with Crippen LogP contribution >= 0.6 is 0 Å². The lowest BCUT2D eigenvalue weighted by molar-refractivity contribution is -0.137. The number of alkyl halides is 3. The zero-order valence-corrected chi connectivity index (χ0v) is 11.4. The maximum atomic E-state index is 12.5. The Labute approximate surface area is 128 Å². The summed E-state index contributed by atoms with van der Waals surface area (Å²) in [4.78, 5) is 23.0. The molecule has 0 aliphatic carbocycles. The summed E-state index contributed by atoms with van der Waals surface area (Å²) in [5.41, 5.74) is -1.48. The van der Waals surface area contributed by atoms with Gasteiger partial charge in [0, 0.05) is 11.6 Å². The molecule has 0 radical (unpaired) electrons. The topological polar surface area (TPSA) is 79.5 Å². The normalized spacial score (nSPS) is 12.0. The van der Waals surface area contributed by atoms with Crippen LogP contribution in [0.3, 0.4) is 0 Å². The van der Waals surface area contributed by atoms with Gasteiger partial charge in [0.1, 0.15) is 11.5 Å². The predicted octanol–water partition coefficient (Wildman–Crippen LogP) is 3.15. The van der Waals surface area contributed by atoms with Gasteiger partial charge in [0.05, 0.1) is 11.8 Å². The number of hydrogen-bond acceptors (Lipinski definition) is 3. The summed E-state index contributed by atoms with van der Waals surface area (Å²) in [6.45, 7) is 0. The summed E-state index contributed by atoms with van der Waals surface area (Å²) in [5, 5.41) is 11.2. The molecule has 2 rings (SSSR count). The SMILES string of the molecule is O=C(O)C(=Cc1ccco1)NC(=O)c1ccc(C(F)(F)F)cc1. The first-order chi connectivity index (χ1) is 10.8. The molecule has 0 unspecified atom stereocenters. The maximum Gasteiger partial charge on any atom is 0.416 e. The van der Waals surface area contributed by atoms with Crippen LogP contribution in [0, 0.1) is 0 Å². The molecule has 0 saturated carbocycles. The molecule has 2 aromatic rings. The number of furan rings is 1. The summed E-state index contributed by atoms with van der Waals surface area (Å²) in [7, 11) is 0. The number of carbonyl (C=O) groups excluding carboxylic acids is 1. The number of benzene rings is 1. The lowest BCUT2D eigenvalue weighted by atomic mass is 10.1. The number of aliphatic carboxylic acids is 1. The van der Waals surface area contributed by atoms with E-state index in [1.807, 2.05) is 0 Å². The van der Waals surface area contributed by atoms with Gasteiger partial charge in [-0.2, -0.15) is 13.2 Å². The monoisotopic (exact) mass is 325 g/mol. The maximum absolute atomic E-state index is 12.5. The summed E-state index contributed by atoms with van der Waals surface area (Å²) in [6.07, 6.45) is -2.10. The minimum Gasteiger partial charge on any atom is -0.477 e. The van der Waals surface area contributed by atoms with Crippen molar-refractivity contribution in [3.8, 4) is 0 Å². The molecule has 5 nitrogen and oxygen atoms in total. The zero-order chi connectivity index (χ0) is 17.0. The van der Waals surface area contributed by atoms with E-state index in [9.17, 15) is 22.8 Å². The van der Waals surface area contributed by atoms with Gasteiger partial charge in [-0.05, 0) is 36.4 Å². The van der Waals surface area contributed by atoms with Crippen LogP contribution in [0.1, 0.15) is 21.7 Å². The van der Waals surface area contributed by atoms with Gasteiger partial charge in [-0.15, -0.1) is 0 Å². The summed E-state index contributed by atoms with van der Waals surface area (Å²) in [6, 6.07) is 6.42. The first kappa shape index (κ1) is 16.3. The largest absolute Gasteiger partial charge is 0.477 e. The molecular weight excluding hydrogens is 315 g/mol. The van der Waals surface area contributed by atoms with Crippen molar-refractivity contribution in [1.29, 1.82) is 0 Å². The Morgan fingerprint density at radius 3 is 2.26 bits per heavy atom. The van der Waals surface area contributed by atoms with Crippen LogP contribution in [0.4, 0.5) is 13.2 Å². The van der Waals surface area contributed by atoms with E-state index in [4.69, 9.17) is 9.52 Å². The average molecular weight is 325 g/mol. The molecule has 2 N–H and O–H groups in total. The highest BCUT2D eigenvalue weighted by Gasteiger charge is 2.30. The van der Waals surface area contributed by atoms with E-state index in [-0.39, 0.29) is 11.3 Å². The van der Waals surface area contributed by atoms with Gasteiger partial charge >= 0.3 is 12.1 Å². The Hall–Kier alpha value is -3.03. The molecule has 0 fully saturated rings. The van der Waals surface area contributed by atoms with Gasteiger partial charge in [-0.1, -0.05) is 0 Å². The summed E-state index contributed by atoms with van der Waals surface area (Å²) < 4.78 is 42.3. The van der Waals surface area contributed by atoms with Crippen molar-refractivity contribution in [2.75, 3.05) is 0 Å². The molecule has 1 heterocycles. The van der Waals surface area contributed by atoms with E-state index in [0.29, 0.717) is 0 Å². The van der Waals surface area contributed by atoms with Crippen LogP contribution in [0.15, 0.2) is 52.8 Å². The van der Waals surface area contributed by atoms with E-state index in [2.05, 4.69) is 5.32 Å². The van der Waals surface area contributed by atoms with Gasteiger partial charge in [0.2, 0.25) is 0 Å². The van der Waals surface area contributed by atoms with Crippen LogP contribution in [0.2, 0.25) is 0 Å².